The highest BCUT2D eigenvalue weighted by Crippen LogP contribution is 2.17. The molecule has 24 heavy (non-hydrogen) atoms. The molecule has 2 rings (SSSR count). The number of rotatable bonds is 6. The van der Waals surface area contributed by atoms with Gasteiger partial charge in [0.2, 0.25) is 10.0 Å². The molecule has 0 heterocycles. The molecule has 0 atom stereocenters. The van der Waals surface area contributed by atoms with Gasteiger partial charge in [0.25, 0.3) is 0 Å². The second kappa shape index (κ2) is 7.72. The Bertz CT molecular complexity index is 877. The Kier molecular flexibility index (Phi) is 5.90. The molecule has 0 aromatic heterocycles. The van der Waals surface area contributed by atoms with Crippen molar-refractivity contribution >= 4 is 43.5 Å². The van der Waals surface area contributed by atoms with E-state index in [1.54, 1.807) is 12.1 Å². The van der Waals surface area contributed by atoms with Gasteiger partial charge in [0, 0.05) is 21.3 Å². The van der Waals surface area contributed by atoms with Crippen LogP contribution in [-0.2, 0) is 10.0 Å². The Hall–Kier alpha value is -1.99. The second-order valence-corrected chi connectivity index (χ2v) is 7.87. The summed E-state index contributed by atoms with van der Waals surface area (Å²) in [7, 11) is -3.35. The van der Waals surface area contributed by atoms with Gasteiger partial charge in [-0.1, -0.05) is 22.0 Å². The predicted molar refractivity (Wildman–Crippen MR) is 97.0 cm³/mol. The zero-order valence-corrected chi connectivity index (χ0v) is 15.2. The summed E-state index contributed by atoms with van der Waals surface area (Å²) in [6.45, 7) is 1.53. The maximum atomic E-state index is 13.7. The molecule has 4 nitrogen and oxygen atoms in total. The van der Waals surface area contributed by atoms with E-state index in [4.69, 9.17) is 0 Å². The first-order chi connectivity index (χ1) is 11.3. The number of hydrogen-bond acceptors (Lipinski definition) is 3. The van der Waals surface area contributed by atoms with Crippen LogP contribution in [0.3, 0.4) is 0 Å². The van der Waals surface area contributed by atoms with Gasteiger partial charge in [0.05, 0.1) is 5.75 Å². The van der Waals surface area contributed by atoms with Gasteiger partial charge in [-0.3, -0.25) is 9.52 Å². The highest BCUT2D eigenvalue weighted by Gasteiger charge is 2.08. The van der Waals surface area contributed by atoms with E-state index in [0.717, 1.165) is 0 Å². The van der Waals surface area contributed by atoms with Crippen molar-refractivity contribution in [3.63, 3.8) is 0 Å². The predicted octanol–water partition coefficient (Wildman–Crippen LogP) is 4.25. The molecule has 0 aliphatic carbocycles. The minimum absolute atomic E-state index is 0.0326. The Balaban J connectivity index is 2.11. The monoisotopic (exact) mass is 411 g/mol. The highest BCUT2D eigenvalue weighted by atomic mass is 79.9. The van der Waals surface area contributed by atoms with E-state index in [1.165, 1.54) is 49.4 Å². The number of carbonyl (C=O) groups is 1. The molecule has 0 unspecified atom stereocenters. The van der Waals surface area contributed by atoms with Crippen molar-refractivity contribution in [2.24, 2.45) is 0 Å². The third-order valence-corrected chi connectivity index (χ3v) is 5.00. The Labute approximate surface area is 148 Å². The fourth-order valence-corrected chi connectivity index (χ4v) is 2.83. The fraction of sp³-hybridized carbons (Fsp3) is 0.118. The van der Waals surface area contributed by atoms with Crippen LogP contribution in [0.25, 0.3) is 6.08 Å². The summed E-state index contributed by atoms with van der Waals surface area (Å²) in [4.78, 5) is 12.1. The van der Waals surface area contributed by atoms with Gasteiger partial charge in [-0.15, -0.1) is 0 Å². The minimum atomic E-state index is -3.35. The number of nitrogens with one attached hydrogen (secondary N) is 1. The van der Waals surface area contributed by atoms with E-state index < -0.39 is 15.8 Å². The third-order valence-electron chi connectivity index (χ3n) is 3.20. The van der Waals surface area contributed by atoms with E-state index in [0.29, 0.717) is 21.3 Å². The van der Waals surface area contributed by atoms with Crippen LogP contribution in [0.2, 0.25) is 0 Å². The number of ketones is 1. The van der Waals surface area contributed by atoms with Crippen molar-refractivity contribution in [3.8, 4) is 0 Å². The molecule has 0 saturated heterocycles. The molecule has 0 bridgehead atoms. The van der Waals surface area contributed by atoms with Gasteiger partial charge in [-0.2, -0.15) is 0 Å². The summed E-state index contributed by atoms with van der Waals surface area (Å²) >= 11 is 3.17. The number of halogens is 2. The number of anilines is 1. The van der Waals surface area contributed by atoms with E-state index in [1.807, 2.05) is 0 Å². The summed E-state index contributed by atoms with van der Waals surface area (Å²) in [6, 6.07) is 10.6. The van der Waals surface area contributed by atoms with Crippen molar-refractivity contribution in [1.29, 1.82) is 0 Å². The maximum absolute atomic E-state index is 13.7. The lowest BCUT2D eigenvalue weighted by atomic mass is 10.1. The SMILES string of the molecule is CCS(=O)(=O)Nc1ccc(C(=O)/C=C/c2ccc(Br)cc2F)cc1. The molecule has 126 valence electrons. The quantitative estimate of drug-likeness (QED) is 0.570. The van der Waals surface area contributed by atoms with Gasteiger partial charge in [-0.25, -0.2) is 12.8 Å². The van der Waals surface area contributed by atoms with Crippen LogP contribution in [0, 0.1) is 5.82 Å². The van der Waals surface area contributed by atoms with E-state index in [2.05, 4.69) is 20.7 Å². The van der Waals surface area contributed by atoms with Gasteiger partial charge in [0.1, 0.15) is 5.82 Å². The molecule has 7 heteroatoms. The van der Waals surface area contributed by atoms with Crippen LogP contribution in [0.1, 0.15) is 22.8 Å². The molecule has 0 aliphatic rings. The van der Waals surface area contributed by atoms with Crippen LogP contribution < -0.4 is 4.72 Å². The molecule has 0 aliphatic heterocycles. The number of allylic oxidation sites excluding steroid dienone is 1. The van der Waals surface area contributed by atoms with Crippen LogP contribution >= 0.6 is 15.9 Å². The van der Waals surface area contributed by atoms with Crippen LogP contribution in [0.4, 0.5) is 10.1 Å². The van der Waals surface area contributed by atoms with E-state index in [9.17, 15) is 17.6 Å². The summed E-state index contributed by atoms with van der Waals surface area (Å²) in [5, 5.41) is 0. The van der Waals surface area contributed by atoms with Crippen LogP contribution in [0.5, 0.6) is 0 Å². The molecule has 2 aromatic rings. The lowest BCUT2D eigenvalue weighted by Crippen LogP contribution is -2.14. The van der Waals surface area contributed by atoms with E-state index in [-0.39, 0.29) is 11.5 Å². The Morgan fingerprint density at radius 1 is 1.21 bits per heavy atom. The van der Waals surface area contributed by atoms with Crippen LogP contribution in [0.15, 0.2) is 53.0 Å². The first-order valence-electron chi connectivity index (χ1n) is 7.09. The van der Waals surface area contributed by atoms with Gasteiger partial charge in [0.15, 0.2) is 5.78 Å². The molecule has 1 N–H and O–H groups in total. The Morgan fingerprint density at radius 2 is 1.88 bits per heavy atom. The minimum Gasteiger partial charge on any atom is -0.289 e. The van der Waals surface area contributed by atoms with Crippen molar-refractivity contribution < 1.29 is 17.6 Å². The topological polar surface area (TPSA) is 63.2 Å². The Morgan fingerprint density at radius 3 is 2.46 bits per heavy atom. The number of carbonyl (C=O) groups excluding carboxylic acids is 1. The lowest BCUT2D eigenvalue weighted by molar-refractivity contribution is 0.104. The van der Waals surface area contributed by atoms with Crippen molar-refractivity contribution in [3.05, 3.63) is 70.0 Å². The summed E-state index contributed by atoms with van der Waals surface area (Å²) in [6.07, 6.45) is 2.68. The maximum Gasteiger partial charge on any atom is 0.232 e. The van der Waals surface area contributed by atoms with Gasteiger partial charge < -0.3 is 0 Å². The van der Waals surface area contributed by atoms with Gasteiger partial charge >= 0.3 is 0 Å². The molecule has 0 amide bonds. The zero-order valence-electron chi connectivity index (χ0n) is 12.8. The zero-order chi connectivity index (χ0) is 17.7. The van der Waals surface area contributed by atoms with Gasteiger partial charge in [-0.05, 0) is 55.5 Å². The molecular formula is C17H15BrFNO3S. The van der Waals surface area contributed by atoms with Crippen molar-refractivity contribution in [2.45, 2.75) is 6.92 Å². The lowest BCUT2D eigenvalue weighted by Gasteiger charge is -2.06. The number of hydrogen-bond donors (Lipinski definition) is 1. The molecule has 0 spiro atoms. The summed E-state index contributed by atoms with van der Waals surface area (Å²) in [5.41, 5.74) is 1.07. The molecule has 0 fully saturated rings. The highest BCUT2D eigenvalue weighted by molar-refractivity contribution is 9.10. The average molecular weight is 412 g/mol. The largest absolute Gasteiger partial charge is 0.289 e. The summed E-state index contributed by atoms with van der Waals surface area (Å²) in [5.74, 6) is -0.769. The average Bonchev–Trinajstić information content (AvgIpc) is 2.54. The van der Waals surface area contributed by atoms with Crippen LogP contribution in [-0.4, -0.2) is 20.0 Å². The first-order valence-corrected chi connectivity index (χ1v) is 9.53. The second-order valence-electron chi connectivity index (χ2n) is 4.95. The van der Waals surface area contributed by atoms with E-state index >= 15 is 0 Å². The summed E-state index contributed by atoms with van der Waals surface area (Å²) < 4.78 is 39.7. The first kappa shape index (κ1) is 18.4. The third kappa shape index (κ3) is 5.01. The normalized spacial score (nSPS) is 11.6. The molecule has 0 saturated carbocycles. The molecule has 0 radical (unpaired) electrons. The van der Waals surface area contributed by atoms with Crippen molar-refractivity contribution in [1.82, 2.24) is 0 Å². The molecular weight excluding hydrogens is 397 g/mol. The number of sulfonamides is 1. The van der Waals surface area contributed by atoms with Crippen molar-refractivity contribution in [2.75, 3.05) is 10.5 Å². The standard InChI is InChI=1S/C17H15BrFNO3S/c1-2-24(22,23)20-15-8-4-13(5-9-15)17(21)10-6-12-3-7-14(18)11-16(12)19/h3-11,20H,2H2,1H3/b10-6+. The fourth-order valence-electron chi connectivity index (χ4n) is 1.85. The number of benzene rings is 2. The molecule has 2 aromatic carbocycles. The smallest absolute Gasteiger partial charge is 0.232 e.